The summed E-state index contributed by atoms with van der Waals surface area (Å²) in [6, 6.07) is 2.12. The highest BCUT2D eigenvalue weighted by atomic mass is 16.2. The van der Waals surface area contributed by atoms with Crippen LogP contribution in [-0.4, -0.2) is 34.8 Å². The number of aryl methyl sites for hydroxylation is 1. The number of hydrogen-bond acceptors (Lipinski definition) is 3. The van der Waals surface area contributed by atoms with Gasteiger partial charge in [-0.25, -0.2) is 0 Å². The normalized spacial score (nSPS) is 32.5. The van der Waals surface area contributed by atoms with E-state index in [1.54, 1.807) is 24.0 Å². The van der Waals surface area contributed by atoms with Crippen LogP contribution >= 0.6 is 0 Å². The molecule has 1 aliphatic heterocycles. The number of carbonyl (C=O) groups excluding carboxylic acids is 1. The van der Waals surface area contributed by atoms with E-state index in [9.17, 15) is 4.79 Å². The first-order chi connectivity index (χ1) is 7.27. The van der Waals surface area contributed by atoms with Crippen molar-refractivity contribution in [3.8, 4) is 0 Å². The van der Waals surface area contributed by atoms with Crippen LogP contribution in [-0.2, 0) is 7.05 Å². The van der Waals surface area contributed by atoms with Crippen LogP contribution in [0.2, 0.25) is 0 Å². The van der Waals surface area contributed by atoms with Gasteiger partial charge in [-0.1, -0.05) is 0 Å². The van der Waals surface area contributed by atoms with Crippen molar-refractivity contribution in [2.45, 2.75) is 6.04 Å². The first-order valence-electron chi connectivity index (χ1n) is 5.27. The first kappa shape index (κ1) is 8.91. The molecule has 2 atom stereocenters. The van der Waals surface area contributed by atoms with E-state index in [1.807, 2.05) is 0 Å². The summed E-state index contributed by atoms with van der Waals surface area (Å²) in [5, 5.41) is 10.3. The quantitative estimate of drug-likeness (QED) is 0.677. The van der Waals surface area contributed by atoms with Crippen LogP contribution in [0.25, 0.3) is 0 Å². The number of carbonyl (C=O) groups is 1. The fourth-order valence-corrected chi connectivity index (χ4v) is 2.45. The summed E-state index contributed by atoms with van der Waals surface area (Å²) in [5.74, 6) is 1.30. The Balaban J connectivity index is 1.65. The second kappa shape index (κ2) is 3.06. The van der Waals surface area contributed by atoms with Gasteiger partial charge in [0, 0.05) is 32.4 Å². The zero-order valence-corrected chi connectivity index (χ0v) is 8.60. The van der Waals surface area contributed by atoms with E-state index in [0.29, 0.717) is 23.6 Å². The summed E-state index contributed by atoms with van der Waals surface area (Å²) in [7, 11) is 1.78. The van der Waals surface area contributed by atoms with Crippen LogP contribution in [0.1, 0.15) is 10.5 Å². The van der Waals surface area contributed by atoms with Gasteiger partial charge in [0.2, 0.25) is 0 Å². The van der Waals surface area contributed by atoms with Crippen LogP contribution < -0.4 is 10.6 Å². The monoisotopic (exact) mass is 206 g/mol. The highest BCUT2D eigenvalue weighted by Crippen LogP contribution is 2.41. The van der Waals surface area contributed by atoms with Crippen molar-refractivity contribution in [3.05, 3.63) is 18.0 Å². The molecule has 0 aromatic carbocycles. The maximum atomic E-state index is 11.8. The number of nitrogens with one attached hydrogen (secondary N) is 2. The minimum Gasteiger partial charge on any atom is -0.347 e. The van der Waals surface area contributed by atoms with Gasteiger partial charge >= 0.3 is 0 Å². The van der Waals surface area contributed by atoms with Crippen LogP contribution in [0.15, 0.2) is 12.3 Å². The molecule has 80 valence electrons. The van der Waals surface area contributed by atoms with Gasteiger partial charge in [-0.3, -0.25) is 9.48 Å². The standard InChI is InChI=1S/C10H14N4O/c1-14-8(2-3-12-14)10(15)13-9-6-4-11-5-7(6)9/h2-3,6-7,9,11H,4-5H2,1H3,(H,13,15). The topological polar surface area (TPSA) is 59.0 Å². The van der Waals surface area contributed by atoms with Crippen molar-refractivity contribution in [2.75, 3.05) is 13.1 Å². The van der Waals surface area contributed by atoms with E-state index in [0.717, 1.165) is 13.1 Å². The summed E-state index contributed by atoms with van der Waals surface area (Å²) in [6.45, 7) is 2.09. The lowest BCUT2D eigenvalue weighted by molar-refractivity contribution is 0.0937. The highest BCUT2D eigenvalue weighted by Gasteiger charge is 2.53. The zero-order chi connectivity index (χ0) is 10.4. The van der Waals surface area contributed by atoms with Gasteiger partial charge in [-0.15, -0.1) is 0 Å². The minimum absolute atomic E-state index is 0.00519. The van der Waals surface area contributed by atoms with E-state index < -0.39 is 0 Å². The molecule has 2 N–H and O–H groups in total. The lowest BCUT2D eigenvalue weighted by atomic mass is 10.3. The third kappa shape index (κ3) is 1.34. The maximum Gasteiger partial charge on any atom is 0.269 e. The maximum absolute atomic E-state index is 11.8. The molecule has 0 spiro atoms. The zero-order valence-electron chi connectivity index (χ0n) is 8.60. The number of nitrogens with zero attached hydrogens (tertiary/aromatic N) is 2. The molecule has 1 aromatic heterocycles. The van der Waals surface area contributed by atoms with Crippen LogP contribution in [0.3, 0.4) is 0 Å². The fourth-order valence-electron chi connectivity index (χ4n) is 2.45. The number of aromatic nitrogens is 2. The average molecular weight is 206 g/mol. The van der Waals surface area contributed by atoms with Gasteiger partial charge in [-0.2, -0.15) is 5.10 Å². The van der Waals surface area contributed by atoms with Crippen molar-refractivity contribution in [1.29, 1.82) is 0 Å². The van der Waals surface area contributed by atoms with Crippen molar-refractivity contribution in [3.63, 3.8) is 0 Å². The Morgan fingerprint density at radius 3 is 2.93 bits per heavy atom. The second-order valence-electron chi connectivity index (χ2n) is 4.33. The lowest BCUT2D eigenvalue weighted by Crippen LogP contribution is -2.33. The Labute approximate surface area is 87.8 Å². The van der Waals surface area contributed by atoms with Crippen molar-refractivity contribution in [1.82, 2.24) is 20.4 Å². The number of amides is 1. The molecule has 5 nitrogen and oxygen atoms in total. The van der Waals surface area contributed by atoms with E-state index in [-0.39, 0.29) is 5.91 Å². The molecule has 1 aromatic rings. The molecule has 1 amide bonds. The van der Waals surface area contributed by atoms with Crippen LogP contribution in [0.5, 0.6) is 0 Å². The summed E-state index contributed by atoms with van der Waals surface area (Å²) >= 11 is 0. The van der Waals surface area contributed by atoms with Gasteiger partial charge in [0.05, 0.1) is 0 Å². The molecular formula is C10H14N4O. The third-order valence-corrected chi connectivity index (χ3v) is 3.44. The minimum atomic E-state index is -0.00519. The molecule has 2 unspecified atom stereocenters. The Hall–Kier alpha value is -1.36. The number of piperidine rings is 1. The molecule has 1 saturated carbocycles. The predicted octanol–water partition coefficient (Wildman–Crippen LogP) is -0.632. The summed E-state index contributed by atoms with van der Waals surface area (Å²) in [6.07, 6.45) is 1.64. The molecule has 1 saturated heterocycles. The van der Waals surface area contributed by atoms with E-state index in [2.05, 4.69) is 15.7 Å². The van der Waals surface area contributed by atoms with Crippen molar-refractivity contribution >= 4 is 5.91 Å². The molecule has 0 bridgehead atoms. The Morgan fingerprint density at radius 2 is 2.33 bits per heavy atom. The molecule has 2 aliphatic rings. The smallest absolute Gasteiger partial charge is 0.269 e. The Bertz CT molecular complexity index is 390. The van der Waals surface area contributed by atoms with E-state index in [4.69, 9.17) is 0 Å². The number of fused-ring (bicyclic) bond motifs is 1. The predicted molar refractivity (Wildman–Crippen MR) is 54.3 cm³/mol. The van der Waals surface area contributed by atoms with Gasteiger partial charge < -0.3 is 10.6 Å². The first-order valence-corrected chi connectivity index (χ1v) is 5.27. The Morgan fingerprint density at radius 1 is 1.60 bits per heavy atom. The van der Waals surface area contributed by atoms with Crippen LogP contribution in [0.4, 0.5) is 0 Å². The van der Waals surface area contributed by atoms with Crippen molar-refractivity contribution in [2.24, 2.45) is 18.9 Å². The largest absolute Gasteiger partial charge is 0.347 e. The molecule has 1 aliphatic carbocycles. The number of hydrogen-bond donors (Lipinski definition) is 2. The molecule has 15 heavy (non-hydrogen) atoms. The molecule has 2 fully saturated rings. The summed E-state index contributed by atoms with van der Waals surface area (Å²) < 4.78 is 1.60. The highest BCUT2D eigenvalue weighted by molar-refractivity contribution is 5.92. The van der Waals surface area contributed by atoms with Crippen LogP contribution in [0, 0.1) is 11.8 Å². The van der Waals surface area contributed by atoms with Gasteiger partial charge in [0.1, 0.15) is 5.69 Å². The van der Waals surface area contributed by atoms with Gasteiger partial charge in [0.25, 0.3) is 5.91 Å². The SMILES string of the molecule is Cn1nccc1C(=O)NC1C2CNCC21. The van der Waals surface area contributed by atoms with E-state index >= 15 is 0 Å². The van der Waals surface area contributed by atoms with Gasteiger partial charge in [-0.05, 0) is 17.9 Å². The van der Waals surface area contributed by atoms with Crippen molar-refractivity contribution < 1.29 is 4.79 Å². The fraction of sp³-hybridized carbons (Fsp3) is 0.600. The molecule has 2 heterocycles. The van der Waals surface area contributed by atoms with E-state index in [1.165, 1.54) is 0 Å². The lowest BCUT2D eigenvalue weighted by Gasteiger charge is -2.07. The molecule has 0 radical (unpaired) electrons. The average Bonchev–Trinajstić information content (AvgIpc) is 2.66. The second-order valence-corrected chi connectivity index (χ2v) is 4.33. The van der Waals surface area contributed by atoms with Gasteiger partial charge in [0.15, 0.2) is 0 Å². The molecule has 3 rings (SSSR count). The molecular weight excluding hydrogens is 192 g/mol. The molecule has 5 heteroatoms. The Kier molecular flexibility index (Phi) is 1.82. The summed E-state index contributed by atoms with van der Waals surface area (Å²) in [4.78, 5) is 11.8. The number of rotatable bonds is 2. The summed E-state index contributed by atoms with van der Waals surface area (Å²) in [5.41, 5.74) is 0.632. The third-order valence-electron chi connectivity index (χ3n) is 3.44.